The SMILES string of the molecule is Cc1cc(C)nc(N2CCC(Cn3cc(CN4CCC(O)C4)nn3)CC2)n1. The first-order valence-corrected chi connectivity index (χ1v) is 9.92. The number of anilines is 1. The molecule has 8 heteroatoms. The van der Waals surface area contributed by atoms with E-state index in [1.807, 2.05) is 24.6 Å². The third-order valence-corrected chi connectivity index (χ3v) is 5.53. The molecule has 1 atom stereocenters. The number of aliphatic hydroxyl groups excluding tert-OH is 1. The molecular weight excluding hydrogens is 342 g/mol. The van der Waals surface area contributed by atoms with Crippen molar-refractivity contribution >= 4 is 5.95 Å². The van der Waals surface area contributed by atoms with Crippen molar-refractivity contribution in [3.8, 4) is 0 Å². The Hall–Kier alpha value is -2.06. The molecular formula is C19H29N7O. The fourth-order valence-corrected chi connectivity index (χ4v) is 4.11. The standard InChI is InChI=1S/C19H29N7O/c1-14-9-15(2)21-19(20-14)25-7-3-16(4-8-25)10-26-12-17(22-23-26)11-24-6-5-18(27)13-24/h9,12,16,18,27H,3-8,10-11,13H2,1-2H3. The minimum absolute atomic E-state index is 0.189. The van der Waals surface area contributed by atoms with Crippen LogP contribution >= 0.6 is 0 Å². The highest BCUT2D eigenvalue weighted by Crippen LogP contribution is 2.22. The number of hydrogen-bond donors (Lipinski definition) is 1. The second-order valence-corrected chi connectivity index (χ2v) is 7.99. The molecule has 27 heavy (non-hydrogen) atoms. The van der Waals surface area contributed by atoms with Crippen LogP contribution in [0.5, 0.6) is 0 Å². The molecule has 146 valence electrons. The molecule has 8 nitrogen and oxygen atoms in total. The van der Waals surface area contributed by atoms with E-state index in [1.54, 1.807) is 0 Å². The molecule has 0 bridgehead atoms. The van der Waals surface area contributed by atoms with Crippen molar-refractivity contribution in [3.05, 3.63) is 29.3 Å². The highest BCUT2D eigenvalue weighted by atomic mass is 16.3. The first-order valence-electron chi connectivity index (χ1n) is 9.92. The van der Waals surface area contributed by atoms with Crippen LogP contribution in [0, 0.1) is 19.8 Å². The Kier molecular flexibility index (Phi) is 5.36. The largest absolute Gasteiger partial charge is 0.392 e. The van der Waals surface area contributed by atoms with E-state index in [4.69, 9.17) is 0 Å². The lowest BCUT2D eigenvalue weighted by Gasteiger charge is -2.32. The normalized spacial score (nSPS) is 21.9. The van der Waals surface area contributed by atoms with Gasteiger partial charge in [0.15, 0.2) is 0 Å². The molecule has 2 aliphatic rings. The van der Waals surface area contributed by atoms with Gasteiger partial charge in [0.05, 0.1) is 11.8 Å². The van der Waals surface area contributed by atoms with Gasteiger partial charge in [0, 0.05) is 56.9 Å². The average Bonchev–Trinajstić information content (AvgIpc) is 3.24. The van der Waals surface area contributed by atoms with Gasteiger partial charge in [0.25, 0.3) is 0 Å². The van der Waals surface area contributed by atoms with Gasteiger partial charge in [-0.25, -0.2) is 9.97 Å². The van der Waals surface area contributed by atoms with Crippen molar-refractivity contribution in [2.24, 2.45) is 5.92 Å². The lowest BCUT2D eigenvalue weighted by molar-refractivity contribution is 0.174. The fraction of sp³-hybridized carbons (Fsp3) is 0.684. The summed E-state index contributed by atoms with van der Waals surface area (Å²) in [5.41, 5.74) is 3.05. The number of nitrogens with zero attached hydrogens (tertiary/aromatic N) is 7. The van der Waals surface area contributed by atoms with Gasteiger partial charge in [-0.1, -0.05) is 5.21 Å². The van der Waals surface area contributed by atoms with E-state index in [1.165, 1.54) is 0 Å². The van der Waals surface area contributed by atoms with E-state index in [2.05, 4.69) is 36.3 Å². The molecule has 0 spiro atoms. The van der Waals surface area contributed by atoms with Crippen LogP contribution in [0.3, 0.4) is 0 Å². The van der Waals surface area contributed by atoms with Crippen molar-refractivity contribution in [2.45, 2.75) is 52.3 Å². The Morgan fingerprint density at radius 3 is 2.48 bits per heavy atom. The zero-order valence-corrected chi connectivity index (χ0v) is 16.3. The second-order valence-electron chi connectivity index (χ2n) is 7.99. The minimum Gasteiger partial charge on any atom is -0.392 e. The quantitative estimate of drug-likeness (QED) is 0.845. The number of aliphatic hydroxyl groups is 1. The van der Waals surface area contributed by atoms with E-state index in [0.717, 1.165) is 81.6 Å². The third-order valence-electron chi connectivity index (χ3n) is 5.53. The summed E-state index contributed by atoms with van der Waals surface area (Å²) in [5.74, 6) is 1.47. The van der Waals surface area contributed by atoms with Gasteiger partial charge in [0.1, 0.15) is 0 Å². The molecule has 4 heterocycles. The van der Waals surface area contributed by atoms with E-state index < -0.39 is 0 Å². The Bertz CT molecular complexity index is 749. The van der Waals surface area contributed by atoms with Crippen LogP contribution in [0.25, 0.3) is 0 Å². The van der Waals surface area contributed by atoms with Crippen LogP contribution in [-0.4, -0.2) is 67.3 Å². The van der Waals surface area contributed by atoms with Crippen LogP contribution in [-0.2, 0) is 13.1 Å². The van der Waals surface area contributed by atoms with Gasteiger partial charge in [-0.15, -0.1) is 5.10 Å². The van der Waals surface area contributed by atoms with Crippen LogP contribution < -0.4 is 4.90 Å². The Morgan fingerprint density at radius 2 is 1.81 bits per heavy atom. The van der Waals surface area contributed by atoms with Gasteiger partial charge < -0.3 is 10.0 Å². The minimum atomic E-state index is -0.189. The van der Waals surface area contributed by atoms with Crippen molar-refractivity contribution in [1.82, 2.24) is 29.9 Å². The number of aromatic nitrogens is 5. The molecule has 1 unspecified atom stereocenters. The predicted octanol–water partition coefficient (Wildman–Crippen LogP) is 1.17. The lowest BCUT2D eigenvalue weighted by Crippen LogP contribution is -2.36. The summed E-state index contributed by atoms with van der Waals surface area (Å²) in [4.78, 5) is 13.7. The second kappa shape index (κ2) is 7.90. The molecule has 0 saturated carbocycles. The first-order chi connectivity index (χ1) is 13.0. The lowest BCUT2D eigenvalue weighted by atomic mass is 9.97. The monoisotopic (exact) mass is 371 g/mol. The highest BCUT2D eigenvalue weighted by Gasteiger charge is 2.23. The highest BCUT2D eigenvalue weighted by molar-refractivity contribution is 5.32. The summed E-state index contributed by atoms with van der Waals surface area (Å²) >= 11 is 0. The molecule has 0 amide bonds. The molecule has 0 aromatic carbocycles. The molecule has 1 N–H and O–H groups in total. The Morgan fingerprint density at radius 1 is 1.07 bits per heavy atom. The molecule has 0 radical (unpaired) electrons. The zero-order valence-electron chi connectivity index (χ0n) is 16.3. The maximum Gasteiger partial charge on any atom is 0.225 e. The molecule has 2 aromatic heterocycles. The van der Waals surface area contributed by atoms with Crippen molar-refractivity contribution in [2.75, 3.05) is 31.1 Å². The number of hydrogen-bond acceptors (Lipinski definition) is 7. The maximum atomic E-state index is 9.64. The van der Waals surface area contributed by atoms with E-state index >= 15 is 0 Å². The van der Waals surface area contributed by atoms with E-state index in [-0.39, 0.29) is 6.10 Å². The van der Waals surface area contributed by atoms with Gasteiger partial charge in [-0.3, -0.25) is 9.58 Å². The molecule has 0 aliphatic carbocycles. The number of likely N-dealkylation sites (tertiary alicyclic amines) is 1. The van der Waals surface area contributed by atoms with E-state index in [9.17, 15) is 5.11 Å². The van der Waals surface area contributed by atoms with E-state index in [0.29, 0.717) is 5.92 Å². The zero-order chi connectivity index (χ0) is 18.8. The summed E-state index contributed by atoms with van der Waals surface area (Å²) in [6, 6.07) is 2.02. The van der Waals surface area contributed by atoms with Crippen molar-refractivity contribution < 1.29 is 5.11 Å². The Labute approximate surface area is 160 Å². The number of piperidine rings is 1. The summed E-state index contributed by atoms with van der Waals surface area (Å²) in [5, 5.41) is 18.3. The van der Waals surface area contributed by atoms with Crippen LogP contribution in [0.4, 0.5) is 5.95 Å². The molecule has 2 aliphatic heterocycles. The maximum absolute atomic E-state index is 9.64. The predicted molar refractivity (Wildman–Crippen MR) is 102 cm³/mol. The molecule has 2 saturated heterocycles. The number of aryl methyl sites for hydroxylation is 2. The summed E-state index contributed by atoms with van der Waals surface area (Å²) in [6.07, 6.45) is 4.96. The van der Waals surface area contributed by atoms with Crippen molar-refractivity contribution in [3.63, 3.8) is 0 Å². The summed E-state index contributed by atoms with van der Waals surface area (Å²) < 4.78 is 1.98. The average molecular weight is 371 g/mol. The molecule has 2 fully saturated rings. The molecule has 4 rings (SSSR count). The third kappa shape index (κ3) is 4.62. The fourth-order valence-electron chi connectivity index (χ4n) is 4.11. The summed E-state index contributed by atoms with van der Waals surface area (Å²) in [6.45, 7) is 9.39. The van der Waals surface area contributed by atoms with Gasteiger partial charge in [-0.2, -0.15) is 0 Å². The topological polar surface area (TPSA) is 83.2 Å². The van der Waals surface area contributed by atoms with Gasteiger partial charge in [0.2, 0.25) is 5.95 Å². The molecule has 2 aromatic rings. The van der Waals surface area contributed by atoms with Crippen LogP contribution in [0.15, 0.2) is 12.3 Å². The van der Waals surface area contributed by atoms with Crippen LogP contribution in [0.2, 0.25) is 0 Å². The smallest absolute Gasteiger partial charge is 0.225 e. The Balaban J connectivity index is 1.28. The van der Waals surface area contributed by atoms with Crippen LogP contribution in [0.1, 0.15) is 36.3 Å². The van der Waals surface area contributed by atoms with Gasteiger partial charge in [-0.05, 0) is 45.1 Å². The number of rotatable bonds is 5. The summed E-state index contributed by atoms with van der Waals surface area (Å²) in [7, 11) is 0. The van der Waals surface area contributed by atoms with Crippen molar-refractivity contribution in [1.29, 1.82) is 0 Å². The number of β-amino-alcohol motifs (C(OH)–C–C–N with tert-alkyl or cyclic N) is 1. The first kappa shape index (κ1) is 18.3. The van der Waals surface area contributed by atoms with Gasteiger partial charge >= 0.3 is 0 Å².